The summed E-state index contributed by atoms with van der Waals surface area (Å²) in [6, 6.07) is 19.2. The maximum Gasteiger partial charge on any atom is 0.271 e. The quantitative estimate of drug-likeness (QED) is 0.347. The molecule has 126 valence electrons. The molecule has 0 spiro atoms. The first-order valence-electron chi connectivity index (χ1n) is 7.55. The molecule has 0 radical (unpaired) electrons. The van der Waals surface area contributed by atoms with Gasteiger partial charge in [0.05, 0.1) is 6.21 Å². The largest absolute Gasteiger partial charge is 0.271 e. The molecule has 1 heterocycles. The molecular weight excluding hydrogens is 372 g/mol. The second-order valence-corrected chi connectivity index (χ2v) is 7.62. The summed E-state index contributed by atoms with van der Waals surface area (Å²) in [4.78, 5) is 14.2. The first-order valence-corrected chi connectivity index (χ1v) is 9.79. The molecule has 2 aromatic carbocycles. The van der Waals surface area contributed by atoms with Crippen molar-refractivity contribution in [3.05, 3.63) is 87.1 Å². The topological polar surface area (TPSA) is 41.5 Å². The van der Waals surface area contributed by atoms with Crippen LogP contribution in [0.2, 0.25) is 5.02 Å². The smallest absolute Gasteiger partial charge is 0.267 e. The molecule has 6 heteroatoms. The Morgan fingerprint density at radius 1 is 1.12 bits per heavy atom. The van der Waals surface area contributed by atoms with Crippen LogP contribution in [0.25, 0.3) is 0 Å². The van der Waals surface area contributed by atoms with Crippen LogP contribution in [-0.2, 0) is 5.75 Å². The molecule has 1 aromatic heterocycles. The Morgan fingerprint density at radius 3 is 2.56 bits per heavy atom. The molecule has 0 aliphatic heterocycles. The molecular formula is C19H15ClN2OS2. The molecule has 1 N–H and O–H groups in total. The predicted molar refractivity (Wildman–Crippen MR) is 107 cm³/mol. The van der Waals surface area contributed by atoms with Gasteiger partial charge in [0.2, 0.25) is 0 Å². The van der Waals surface area contributed by atoms with Crippen molar-refractivity contribution in [1.29, 1.82) is 0 Å². The summed E-state index contributed by atoms with van der Waals surface area (Å²) in [7, 11) is 0. The fraction of sp³-hybridized carbons (Fsp3) is 0.0526. The summed E-state index contributed by atoms with van der Waals surface area (Å²) in [6.07, 6.45) is 1.64. The fourth-order valence-electron chi connectivity index (χ4n) is 2.03. The van der Waals surface area contributed by atoms with E-state index >= 15 is 0 Å². The van der Waals surface area contributed by atoms with Gasteiger partial charge in [-0.05, 0) is 53.4 Å². The van der Waals surface area contributed by atoms with Crippen molar-refractivity contribution in [3.8, 4) is 0 Å². The zero-order valence-corrected chi connectivity index (χ0v) is 15.6. The van der Waals surface area contributed by atoms with Crippen molar-refractivity contribution in [3.63, 3.8) is 0 Å². The molecule has 0 unspecified atom stereocenters. The van der Waals surface area contributed by atoms with E-state index in [-0.39, 0.29) is 5.91 Å². The van der Waals surface area contributed by atoms with E-state index in [1.54, 1.807) is 29.3 Å². The van der Waals surface area contributed by atoms with Gasteiger partial charge in [0.1, 0.15) is 0 Å². The highest BCUT2D eigenvalue weighted by atomic mass is 35.5. The number of hydrogen-bond donors (Lipinski definition) is 1. The van der Waals surface area contributed by atoms with Crippen LogP contribution in [0.4, 0.5) is 0 Å². The van der Waals surface area contributed by atoms with Gasteiger partial charge in [-0.3, -0.25) is 4.79 Å². The SMILES string of the molecule is O=C(NN=Cc1cccs1)c1ccc(CSc2ccc(Cl)cc2)cc1. The fourth-order valence-corrected chi connectivity index (χ4v) is 3.60. The standard InChI is InChI=1S/C19H15ClN2OS2/c20-16-7-9-17(10-8-16)25-13-14-3-5-15(6-4-14)19(23)22-21-12-18-2-1-11-24-18/h1-12H,13H2,(H,22,23). The molecule has 0 atom stereocenters. The number of thiophene rings is 1. The number of amides is 1. The van der Waals surface area contributed by atoms with Gasteiger partial charge in [0.25, 0.3) is 5.91 Å². The van der Waals surface area contributed by atoms with E-state index in [0.717, 1.165) is 26.1 Å². The van der Waals surface area contributed by atoms with Crippen molar-refractivity contribution >= 4 is 46.8 Å². The van der Waals surface area contributed by atoms with Crippen molar-refractivity contribution in [1.82, 2.24) is 5.43 Å². The number of halogens is 1. The lowest BCUT2D eigenvalue weighted by molar-refractivity contribution is 0.0955. The number of nitrogens with zero attached hydrogens (tertiary/aromatic N) is 1. The van der Waals surface area contributed by atoms with Crippen molar-refractivity contribution in [2.45, 2.75) is 10.6 Å². The number of benzene rings is 2. The van der Waals surface area contributed by atoms with Crippen LogP contribution in [0.1, 0.15) is 20.8 Å². The molecule has 0 aliphatic rings. The summed E-state index contributed by atoms with van der Waals surface area (Å²) < 4.78 is 0. The minimum atomic E-state index is -0.218. The van der Waals surface area contributed by atoms with Crippen LogP contribution in [0.3, 0.4) is 0 Å². The highest BCUT2D eigenvalue weighted by Gasteiger charge is 2.04. The van der Waals surface area contributed by atoms with E-state index in [2.05, 4.69) is 10.5 Å². The van der Waals surface area contributed by atoms with E-state index in [9.17, 15) is 4.79 Å². The average molecular weight is 387 g/mol. The van der Waals surface area contributed by atoms with Crippen molar-refractivity contribution < 1.29 is 4.79 Å². The van der Waals surface area contributed by atoms with Crippen LogP contribution in [0.15, 0.2) is 76.0 Å². The van der Waals surface area contributed by atoms with Crippen LogP contribution in [0.5, 0.6) is 0 Å². The third-order valence-electron chi connectivity index (χ3n) is 3.34. The van der Waals surface area contributed by atoms with Gasteiger partial charge in [0, 0.05) is 26.1 Å². The van der Waals surface area contributed by atoms with Gasteiger partial charge in [-0.15, -0.1) is 23.1 Å². The molecule has 0 bridgehead atoms. The van der Waals surface area contributed by atoms with E-state index in [1.165, 1.54) is 0 Å². The van der Waals surface area contributed by atoms with Gasteiger partial charge in [-0.2, -0.15) is 5.10 Å². The van der Waals surface area contributed by atoms with Crippen LogP contribution in [0, 0.1) is 0 Å². The molecule has 0 fully saturated rings. The molecule has 0 aliphatic carbocycles. The monoisotopic (exact) mass is 386 g/mol. The summed E-state index contributed by atoms with van der Waals surface area (Å²) in [6.45, 7) is 0. The molecule has 1 amide bonds. The number of thioether (sulfide) groups is 1. The highest BCUT2D eigenvalue weighted by molar-refractivity contribution is 7.98. The normalized spacial score (nSPS) is 10.9. The lowest BCUT2D eigenvalue weighted by Gasteiger charge is -2.04. The number of rotatable bonds is 6. The number of carbonyl (C=O) groups excluding carboxylic acids is 1. The number of hydrogen-bond acceptors (Lipinski definition) is 4. The van der Waals surface area contributed by atoms with Crippen LogP contribution < -0.4 is 5.43 Å². The minimum absolute atomic E-state index is 0.218. The number of nitrogens with one attached hydrogen (secondary N) is 1. The number of carbonyl (C=O) groups is 1. The Bertz CT molecular complexity index is 844. The Kier molecular flexibility index (Phi) is 6.28. The highest BCUT2D eigenvalue weighted by Crippen LogP contribution is 2.24. The van der Waals surface area contributed by atoms with Crippen molar-refractivity contribution in [2.24, 2.45) is 5.10 Å². The lowest BCUT2D eigenvalue weighted by Crippen LogP contribution is -2.17. The van der Waals surface area contributed by atoms with Crippen LogP contribution in [-0.4, -0.2) is 12.1 Å². The second-order valence-electron chi connectivity index (χ2n) is 5.15. The predicted octanol–water partition coefficient (Wildman–Crippen LogP) is 5.46. The van der Waals surface area contributed by atoms with Gasteiger partial charge in [0.15, 0.2) is 0 Å². The Morgan fingerprint density at radius 2 is 1.88 bits per heavy atom. The summed E-state index contributed by atoms with van der Waals surface area (Å²) in [5.41, 5.74) is 4.28. The average Bonchev–Trinajstić information content (AvgIpc) is 3.15. The van der Waals surface area contributed by atoms with E-state index in [0.29, 0.717) is 5.56 Å². The molecule has 3 nitrogen and oxygen atoms in total. The number of hydrazone groups is 1. The van der Waals surface area contributed by atoms with E-state index < -0.39 is 0 Å². The summed E-state index contributed by atoms with van der Waals surface area (Å²) in [5, 5.41) is 6.67. The first kappa shape index (κ1) is 17.7. The zero-order valence-electron chi connectivity index (χ0n) is 13.2. The maximum atomic E-state index is 12.1. The lowest BCUT2D eigenvalue weighted by atomic mass is 10.1. The molecule has 3 aromatic rings. The minimum Gasteiger partial charge on any atom is -0.267 e. The summed E-state index contributed by atoms with van der Waals surface area (Å²) >= 11 is 9.18. The van der Waals surface area contributed by atoms with Crippen molar-refractivity contribution in [2.75, 3.05) is 0 Å². The Labute approximate surface area is 159 Å². The Hall–Kier alpha value is -2.08. The van der Waals surface area contributed by atoms with Gasteiger partial charge in [-0.25, -0.2) is 5.43 Å². The van der Waals surface area contributed by atoms with Gasteiger partial charge >= 0.3 is 0 Å². The maximum absolute atomic E-state index is 12.1. The molecule has 0 saturated carbocycles. The molecule has 25 heavy (non-hydrogen) atoms. The molecule has 3 rings (SSSR count). The summed E-state index contributed by atoms with van der Waals surface area (Å²) in [5.74, 6) is 0.616. The third kappa shape index (κ3) is 5.46. The second kappa shape index (κ2) is 8.85. The first-order chi connectivity index (χ1) is 12.2. The zero-order chi connectivity index (χ0) is 17.5. The van der Waals surface area contributed by atoms with Gasteiger partial charge in [-0.1, -0.05) is 29.8 Å². The van der Waals surface area contributed by atoms with Crippen LogP contribution >= 0.6 is 34.7 Å². The van der Waals surface area contributed by atoms with Gasteiger partial charge < -0.3 is 0 Å². The van der Waals surface area contributed by atoms with E-state index in [4.69, 9.17) is 11.6 Å². The van der Waals surface area contributed by atoms with E-state index in [1.807, 2.05) is 66.0 Å². The molecule has 0 saturated heterocycles. The third-order valence-corrected chi connectivity index (χ3v) is 5.48. The Balaban J connectivity index is 1.52.